The first-order valence-corrected chi connectivity index (χ1v) is 8.14. The molecule has 114 valence electrons. The lowest BCUT2D eigenvalue weighted by atomic mass is 9.97. The third kappa shape index (κ3) is 2.52. The van der Waals surface area contributed by atoms with E-state index < -0.39 is 0 Å². The van der Waals surface area contributed by atoms with Crippen LogP contribution in [-0.4, -0.2) is 15.0 Å². The van der Waals surface area contributed by atoms with Crippen LogP contribution in [0.25, 0.3) is 11.1 Å². The summed E-state index contributed by atoms with van der Waals surface area (Å²) in [5.74, 6) is 2.55. The van der Waals surface area contributed by atoms with E-state index in [1.807, 2.05) is 6.92 Å². The van der Waals surface area contributed by atoms with Gasteiger partial charge in [0.2, 0.25) is 0 Å². The van der Waals surface area contributed by atoms with Gasteiger partial charge >= 0.3 is 0 Å². The van der Waals surface area contributed by atoms with Crippen molar-refractivity contribution in [2.45, 2.75) is 33.1 Å². The smallest absolute Gasteiger partial charge is 0.137 e. The average Bonchev–Trinajstić information content (AvgIpc) is 2.93. The second-order valence-corrected chi connectivity index (χ2v) is 6.03. The summed E-state index contributed by atoms with van der Waals surface area (Å²) >= 11 is 0. The molecular formula is C20H19N3. The Morgan fingerprint density at radius 2 is 1.65 bits per heavy atom. The van der Waals surface area contributed by atoms with Crippen molar-refractivity contribution in [3.63, 3.8) is 0 Å². The SMILES string of the molecule is CCc1nc(C)nc(Cc2cccc3c2-c2ccccc2C3)n1. The Labute approximate surface area is 136 Å². The number of hydrogen-bond acceptors (Lipinski definition) is 3. The number of nitrogens with zero attached hydrogens (tertiary/aromatic N) is 3. The molecular weight excluding hydrogens is 282 g/mol. The highest BCUT2D eigenvalue weighted by molar-refractivity contribution is 5.79. The quantitative estimate of drug-likeness (QED) is 0.576. The molecule has 1 aliphatic carbocycles. The topological polar surface area (TPSA) is 38.7 Å². The van der Waals surface area contributed by atoms with Gasteiger partial charge in [0.1, 0.15) is 17.5 Å². The van der Waals surface area contributed by atoms with Crippen LogP contribution < -0.4 is 0 Å². The van der Waals surface area contributed by atoms with Crippen LogP contribution in [0.4, 0.5) is 0 Å². The summed E-state index contributed by atoms with van der Waals surface area (Å²) in [5, 5.41) is 0. The largest absolute Gasteiger partial charge is 0.218 e. The van der Waals surface area contributed by atoms with Gasteiger partial charge in [0.05, 0.1) is 0 Å². The summed E-state index contributed by atoms with van der Waals surface area (Å²) in [7, 11) is 0. The van der Waals surface area contributed by atoms with Crippen molar-refractivity contribution in [3.05, 3.63) is 76.6 Å². The van der Waals surface area contributed by atoms with Crippen LogP contribution in [0, 0.1) is 6.92 Å². The lowest BCUT2D eigenvalue weighted by Gasteiger charge is -2.10. The minimum absolute atomic E-state index is 0.758. The third-order valence-corrected chi connectivity index (χ3v) is 4.41. The van der Waals surface area contributed by atoms with Gasteiger partial charge in [-0.05, 0) is 41.2 Å². The molecule has 1 aliphatic rings. The summed E-state index contributed by atoms with van der Waals surface area (Å²) in [5.41, 5.74) is 6.86. The van der Waals surface area contributed by atoms with Crippen molar-refractivity contribution in [2.75, 3.05) is 0 Å². The zero-order chi connectivity index (χ0) is 15.8. The monoisotopic (exact) mass is 301 g/mol. The van der Waals surface area contributed by atoms with Crippen molar-refractivity contribution in [3.8, 4) is 11.1 Å². The van der Waals surface area contributed by atoms with Crippen LogP contribution in [0.1, 0.15) is 41.1 Å². The Bertz CT molecular complexity index is 884. The molecule has 4 rings (SSSR count). The van der Waals surface area contributed by atoms with E-state index >= 15 is 0 Å². The summed E-state index contributed by atoms with van der Waals surface area (Å²) in [6.07, 6.45) is 2.62. The van der Waals surface area contributed by atoms with Crippen molar-refractivity contribution in [1.29, 1.82) is 0 Å². The average molecular weight is 301 g/mol. The van der Waals surface area contributed by atoms with E-state index in [2.05, 4.69) is 64.3 Å². The van der Waals surface area contributed by atoms with Crippen LogP contribution in [0.5, 0.6) is 0 Å². The number of aromatic nitrogens is 3. The summed E-state index contributed by atoms with van der Waals surface area (Å²) in [6.45, 7) is 4.02. The van der Waals surface area contributed by atoms with Crippen LogP contribution in [-0.2, 0) is 19.3 Å². The summed E-state index contributed by atoms with van der Waals surface area (Å²) in [6, 6.07) is 15.3. The standard InChI is InChI=1S/C20H19N3/c1-3-18-21-13(2)22-19(23-18)12-16-9-6-8-15-11-14-7-4-5-10-17(14)20(15)16/h4-10H,3,11-12H2,1-2H3. The first kappa shape index (κ1) is 14.1. The molecule has 0 saturated heterocycles. The Morgan fingerprint density at radius 1 is 0.870 bits per heavy atom. The number of aryl methyl sites for hydroxylation is 2. The number of hydrogen-bond donors (Lipinski definition) is 0. The maximum absolute atomic E-state index is 4.61. The molecule has 1 heterocycles. The zero-order valence-corrected chi connectivity index (χ0v) is 13.5. The number of rotatable bonds is 3. The number of benzene rings is 2. The highest BCUT2D eigenvalue weighted by atomic mass is 15.0. The highest BCUT2D eigenvalue weighted by Crippen LogP contribution is 2.39. The fourth-order valence-electron chi connectivity index (χ4n) is 3.42. The lowest BCUT2D eigenvalue weighted by Crippen LogP contribution is -2.06. The maximum Gasteiger partial charge on any atom is 0.137 e. The molecule has 3 aromatic rings. The fourth-order valence-corrected chi connectivity index (χ4v) is 3.42. The molecule has 0 unspecified atom stereocenters. The molecule has 0 aliphatic heterocycles. The van der Waals surface area contributed by atoms with E-state index in [-0.39, 0.29) is 0 Å². The summed E-state index contributed by atoms with van der Waals surface area (Å²) in [4.78, 5) is 13.5. The second-order valence-electron chi connectivity index (χ2n) is 6.03. The molecule has 0 atom stereocenters. The van der Waals surface area contributed by atoms with Gasteiger partial charge in [-0.25, -0.2) is 15.0 Å². The van der Waals surface area contributed by atoms with Crippen molar-refractivity contribution in [2.24, 2.45) is 0 Å². The van der Waals surface area contributed by atoms with E-state index in [9.17, 15) is 0 Å². The number of fused-ring (bicyclic) bond motifs is 3. The maximum atomic E-state index is 4.61. The van der Waals surface area contributed by atoms with E-state index in [1.165, 1.54) is 27.8 Å². The van der Waals surface area contributed by atoms with Gasteiger partial charge in [0.25, 0.3) is 0 Å². The predicted octanol–water partition coefficient (Wildman–Crippen LogP) is 3.90. The Balaban J connectivity index is 1.78. The lowest BCUT2D eigenvalue weighted by molar-refractivity contribution is 0.807. The van der Waals surface area contributed by atoms with Crippen LogP contribution in [0.15, 0.2) is 42.5 Å². The molecule has 0 spiro atoms. The van der Waals surface area contributed by atoms with Gasteiger partial charge in [0.15, 0.2) is 0 Å². The van der Waals surface area contributed by atoms with Crippen molar-refractivity contribution >= 4 is 0 Å². The fraction of sp³-hybridized carbons (Fsp3) is 0.250. The molecule has 0 N–H and O–H groups in total. The van der Waals surface area contributed by atoms with Crippen LogP contribution in [0.2, 0.25) is 0 Å². The van der Waals surface area contributed by atoms with Gasteiger partial charge in [0, 0.05) is 12.8 Å². The second kappa shape index (κ2) is 5.58. The third-order valence-electron chi connectivity index (χ3n) is 4.41. The van der Waals surface area contributed by atoms with Crippen LogP contribution in [0.3, 0.4) is 0 Å². The molecule has 2 aromatic carbocycles. The molecule has 3 heteroatoms. The van der Waals surface area contributed by atoms with Crippen molar-refractivity contribution < 1.29 is 0 Å². The van der Waals surface area contributed by atoms with Gasteiger partial charge < -0.3 is 0 Å². The van der Waals surface area contributed by atoms with Gasteiger partial charge in [-0.2, -0.15) is 0 Å². The molecule has 0 fully saturated rings. The first-order chi connectivity index (χ1) is 11.2. The van der Waals surface area contributed by atoms with E-state index in [1.54, 1.807) is 0 Å². The van der Waals surface area contributed by atoms with Gasteiger partial charge in [-0.1, -0.05) is 49.4 Å². The molecule has 0 amide bonds. The van der Waals surface area contributed by atoms with Crippen LogP contribution >= 0.6 is 0 Å². The molecule has 0 saturated carbocycles. The Hall–Kier alpha value is -2.55. The van der Waals surface area contributed by atoms with E-state index in [0.717, 1.165) is 36.7 Å². The van der Waals surface area contributed by atoms with Crippen molar-refractivity contribution in [1.82, 2.24) is 15.0 Å². The zero-order valence-electron chi connectivity index (χ0n) is 13.5. The molecule has 0 radical (unpaired) electrons. The predicted molar refractivity (Wildman–Crippen MR) is 91.4 cm³/mol. The molecule has 3 nitrogen and oxygen atoms in total. The minimum Gasteiger partial charge on any atom is -0.218 e. The van der Waals surface area contributed by atoms with Gasteiger partial charge in [-0.15, -0.1) is 0 Å². The molecule has 23 heavy (non-hydrogen) atoms. The highest BCUT2D eigenvalue weighted by Gasteiger charge is 2.21. The summed E-state index contributed by atoms with van der Waals surface area (Å²) < 4.78 is 0. The Morgan fingerprint density at radius 3 is 2.52 bits per heavy atom. The van der Waals surface area contributed by atoms with Gasteiger partial charge in [-0.3, -0.25) is 0 Å². The van der Waals surface area contributed by atoms with E-state index in [0.29, 0.717) is 0 Å². The molecule has 0 bridgehead atoms. The first-order valence-electron chi connectivity index (χ1n) is 8.14. The molecule has 1 aromatic heterocycles. The minimum atomic E-state index is 0.758. The normalized spacial score (nSPS) is 12.1. The Kier molecular flexibility index (Phi) is 3.41. The van der Waals surface area contributed by atoms with E-state index in [4.69, 9.17) is 0 Å².